The SMILES string of the molecule is O=C(CSCC(=O)Nc1nc2ccccc2s1)Nc1ccc(Cl)cc1. The highest BCUT2D eigenvalue weighted by atomic mass is 35.5. The quantitative estimate of drug-likeness (QED) is 0.658. The molecule has 128 valence electrons. The van der Waals surface area contributed by atoms with Crippen molar-refractivity contribution in [1.82, 2.24) is 4.98 Å². The lowest BCUT2D eigenvalue weighted by Gasteiger charge is -2.05. The first kappa shape index (κ1) is 17.7. The Morgan fingerprint density at radius 2 is 1.68 bits per heavy atom. The molecule has 0 saturated heterocycles. The number of aromatic nitrogens is 1. The van der Waals surface area contributed by atoms with E-state index in [1.54, 1.807) is 24.3 Å². The van der Waals surface area contributed by atoms with Gasteiger partial charge in [0, 0.05) is 10.7 Å². The molecule has 8 heteroatoms. The highest BCUT2D eigenvalue weighted by Gasteiger charge is 2.09. The third-order valence-corrected chi connectivity index (χ3v) is 5.27. The van der Waals surface area contributed by atoms with E-state index in [2.05, 4.69) is 15.6 Å². The number of nitrogens with zero attached hydrogens (tertiary/aromatic N) is 1. The van der Waals surface area contributed by atoms with Gasteiger partial charge in [-0.15, -0.1) is 11.8 Å². The van der Waals surface area contributed by atoms with Crippen molar-refractivity contribution in [2.45, 2.75) is 0 Å². The summed E-state index contributed by atoms with van der Waals surface area (Å²) in [5, 5.41) is 6.69. The summed E-state index contributed by atoms with van der Waals surface area (Å²) in [5.41, 5.74) is 1.53. The molecule has 25 heavy (non-hydrogen) atoms. The van der Waals surface area contributed by atoms with Crippen LogP contribution in [0.15, 0.2) is 48.5 Å². The van der Waals surface area contributed by atoms with E-state index in [1.165, 1.54) is 23.1 Å². The van der Waals surface area contributed by atoms with Crippen LogP contribution in [-0.4, -0.2) is 28.3 Å². The number of carbonyl (C=O) groups excluding carboxylic acids is 2. The van der Waals surface area contributed by atoms with Crippen molar-refractivity contribution in [2.24, 2.45) is 0 Å². The van der Waals surface area contributed by atoms with Crippen LogP contribution >= 0.6 is 34.7 Å². The maximum absolute atomic E-state index is 12.0. The normalized spacial score (nSPS) is 10.6. The summed E-state index contributed by atoms with van der Waals surface area (Å²) in [4.78, 5) is 28.1. The Hall–Kier alpha value is -2.09. The number of nitrogens with one attached hydrogen (secondary N) is 2. The minimum Gasteiger partial charge on any atom is -0.325 e. The van der Waals surface area contributed by atoms with Crippen LogP contribution in [0.3, 0.4) is 0 Å². The molecule has 5 nitrogen and oxygen atoms in total. The second kappa shape index (κ2) is 8.33. The number of hydrogen-bond donors (Lipinski definition) is 2. The van der Waals surface area contributed by atoms with Crippen molar-refractivity contribution in [3.8, 4) is 0 Å². The number of hydrogen-bond acceptors (Lipinski definition) is 5. The number of thiazole rings is 1. The average molecular weight is 392 g/mol. The molecule has 0 bridgehead atoms. The van der Waals surface area contributed by atoms with Gasteiger partial charge in [-0.05, 0) is 36.4 Å². The van der Waals surface area contributed by atoms with Gasteiger partial charge < -0.3 is 10.6 Å². The minimum atomic E-state index is -0.177. The predicted molar refractivity (Wildman–Crippen MR) is 106 cm³/mol. The van der Waals surface area contributed by atoms with Gasteiger partial charge in [0.15, 0.2) is 5.13 Å². The molecule has 2 aromatic carbocycles. The number of halogens is 1. The van der Waals surface area contributed by atoms with E-state index < -0.39 is 0 Å². The number of thioether (sulfide) groups is 1. The molecule has 3 aromatic rings. The topological polar surface area (TPSA) is 71.1 Å². The van der Waals surface area contributed by atoms with Gasteiger partial charge in [-0.2, -0.15) is 0 Å². The minimum absolute atomic E-state index is 0.167. The summed E-state index contributed by atoms with van der Waals surface area (Å²) in [6.45, 7) is 0. The number of carbonyl (C=O) groups is 2. The Kier molecular flexibility index (Phi) is 5.91. The van der Waals surface area contributed by atoms with Crippen molar-refractivity contribution in [1.29, 1.82) is 0 Å². The highest BCUT2D eigenvalue weighted by molar-refractivity contribution is 8.00. The second-order valence-corrected chi connectivity index (χ2v) is 7.54. The average Bonchev–Trinajstić information content (AvgIpc) is 2.99. The molecule has 0 aliphatic heterocycles. The number of rotatable bonds is 6. The van der Waals surface area contributed by atoms with E-state index in [-0.39, 0.29) is 23.3 Å². The van der Waals surface area contributed by atoms with Crippen LogP contribution in [0.25, 0.3) is 10.2 Å². The first-order valence-corrected chi connectivity index (χ1v) is 9.74. The van der Waals surface area contributed by atoms with Gasteiger partial charge in [0.25, 0.3) is 0 Å². The van der Waals surface area contributed by atoms with Crippen LogP contribution in [0.5, 0.6) is 0 Å². The molecule has 0 saturated carbocycles. The fourth-order valence-electron chi connectivity index (χ4n) is 2.05. The maximum Gasteiger partial charge on any atom is 0.236 e. The molecule has 1 aromatic heterocycles. The predicted octanol–water partition coefficient (Wildman–Crippen LogP) is 4.26. The van der Waals surface area contributed by atoms with Gasteiger partial charge in [-0.1, -0.05) is 35.1 Å². The third-order valence-electron chi connectivity index (χ3n) is 3.13. The number of benzene rings is 2. The monoisotopic (exact) mass is 391 g/mol. The zero-order valence-electron chi connectivity index (χ0n) is 13.0. The molecule has 0 atom stereocenters. The van der Waals surface area contributed by atoms with E-state index >= 15 is 0 Å². The number of amides is 2. The summed E-state index contributed by atoms with van der Waals surface area (Å²) in [7, 11) is 0. The van der Waals surface area contributed by atoms with E-state index in [0.29, 0.717) is 15.8 Å². The van der Waals surface area contributed by atoms with Crippen LogP contribution in [0.2, 0.25) is 5.02 Å². The van der Waals surface area contributed by atoms with E-state index in [1.807, 2.05) is 24.3 Å². The molecule has 2 amide bonds. The fraction of sp³-hybridized carbons (Fsp3) is 0.118. The fourth-order valence-corrected chi connectivity index (χ4v) is 3.67. The molecule has 0 aliphatic carbocycles. The largest absolute Gasteiger partial charge is 0.325 e. The van der Waals surface area contributed by atoms with Crippen LogP contribution in [-0.2, 0) is 9.59 Å². The number of anilines is 2. The zero-order valence-corrected chi connectivity index (χ0v) is 15.4. The lowest BCUT2D eigenvalue weighted by atomic mass is 10.3. The van der Waals surface area contributed by atoms with Gasteiger partial charge >= 0.3 is 0 Å². The summed E-state index contributed by atoms with van der Waals surface area (Å²) in [5.74, 6) is 0.0308. The zero-order chi connectivity index (χ0) is 17.6. The molecule has 0 unspecified atom stereocenters. The third kappa shape index (κ3) is 5.19. The second-order valence-electron chi connectivity index (χ2n) is 5.08. The van der Waals surface area contributed by atoms with Crippen LogP contribution in [0, 0.1) is 0 Å². The molecule has 0 spiro atoms. The van der Waals surface area contributed by atoms with Gasteiger partial charge in [0.05, 0.1) is 21.7 Å². The Morgan fingerprint density at radius 1 is 1.00 bits per heavy atom. The Morgan fingerprint density at radius 3 is 2.40 bits per heavy atom. The van der Waals surface area contributed by atoms with Crippen molar-refractivity contribution in [3.63, 3.8) is 0 Å². The summed E-state index contributed by atoms with van der Waals surface area (Å²) >= 11 is 8.46. The lowest BCUT2D eigenvalue weighted by Crippen LogP contribution is -2.18. The molecule has 0 aliphatic rings. The Balaban J connectivity index is 1.42. The van der Waals surface area contributed by atoms with Crippen LogP contribution in [0.1, 0.15) is 0 Å². The van der Waals surface area contributed by atoms with Crippen molar-refractivity contribution >= 4 is 67.5 Å². The van der Waals surface area contributed by atoms with Crippen molar-refractivity contribution in [3.05, 3.63) is 53.6 Å². The molecular weight excluding hydrogens is 378 g/mol. The van der Waals surface area contributed by atoms with Gasteiger partial charge in [0.1, 0.15) is 0 Å². The molecule has 3 rings (SSSR count). The Bertz CT molecular complexity index is 863. The molecule has 0 fully saturated rings. The summed E-state index contributed by atoms with van der Waals surface area (Å²) in [6, 6.07) is 14.6. The van der Waals surface area contributed by atoms with Crippen molar-refractivity contribution < 1.29 is 9.59 Å². The number of para-hydroxylation sites is 1. The molecule has 1 heterocycles. The Labute approximate surface area is 157 Å². The van der Waals surface area contributed by atoms with Gasteiger partial charge in [-0.25, -0.2) is 4.98 Å². The first-order valence-electron chi connectivity index (χ1n) is 7.39. The summed E-state index contributed by atoms with van der Waals surface area (Å²) in [6.07, 6.45) is 0. The van der Waals surface area contributed by atoms with E-state index in [4.69, 9.17) is 11.6 Å². The van der Waals surface area contributed by atoms with E-state index in [0.717, 1.165) is 10.2 Å². The van der Waals surface area contributed by atoms with E-state index in [9.17, 15) is 9.59 Å². The smallest absolute Gasteiger partial charge is 0.236 e. The lowest BCUT2D eigenvalue weighted by molar-refractivity contribution is -0.114. The van der Waals surface area contributed by atoms with Crippen LogP contribution < -0.4 is 10.6 Å². The van der Waals surface area contributed by atoms with Crippen LogP contribution in [0.4, 0.5) is 10.8 Å². The maximum atomic E-state index is 12.0. The van der Waals surface area contributed by atoms with Crippen molar-refractivity contribution in [2.75, 3.05) is 22.1 Å². The standard InChI is InChI=1S/C17H14ClN3O2S2/c18-11-5-7-12(8-6-11)19-15(22)9-24-10-16(23)21-17-20-13-3-1-2-4-14(13)25-17/h1-8H,9-10H2,(H,19,22)(H,20,21,23). The molecule has 0 radical (unpaired) electrons. The number of fused-ring (bicyclic) bond motifs is 1. The van der Waals surface area contributed by atoms with Gasteiger partial charge in [0.2, 0.25) is 11.8 Å². The molecule has 2 N–H and O–H groups in total. The summed E-state index contributed by atoms with van der Waals surface area (Å²) < 4.78 is 1.02. The van der Waals surface area contributed by atoms with Gasteiger partial charge in [-0.3, -0.25) is 9.59 Å². The molecular formula is C17H14ClN3O2S2. The first-order chi connectivity index (χ1) is 12.1. The highest BCUT2D eigenvalue weighted by Crippen LogP contribution is 2.25.